The molecule has 0 bridgehead atoms. The molecule has 0 fully saturated rings. The van der Waals surface area contributed by atoms with E-state index in [-0.39, 0.29) is 29.1 Å². The first kappa shape index (κ1) is 18.0. The van der Waals surface area contributed by atoms with Gasteiger partial charge in [-0.05, 0) is 55.3 Å². The van der Waals surface area contributed by atoms with Crippen molar-refractivity contribution in [3.8, 4) is 0 Å². The van der Waals surface area contributed by atoms with Crippen molar-refractivity contribution in [1.82, 2.24) is 0 Å². The number of thioether (sulfide) groups is 1. The van der Waals surface area contributed by atoms with Gasteiger partial charge in [0.05, 0.1) is 11.5 Å². The summed E-state index contributed by atoms with van der Waals surface area (Å²) in [4.78, 5) is 23.7. The molecule has 0 saturated carbocycles. The number of rotatable bonds is 6. The molecule has 2 rings (SSSR count). The third kappa shape index (κ3) is 5.70. The van der Waals surface area contributed by atoms with Gasteiger partial charge in [-0.3, -0.25) is 9.59 Å². The fourth-order valence-electron chi connectivity index (χ4n) is 2.02. The summed E-state index contributed by atoms with van der Waals surface area (Å²) < 4.78 is 12.8. The minimum atomic E-state index is -0.356. The van der Waals surface area contributed by atoms with Crippen LogP contribution in [0.1, 0.15) is 11.1 Å². The molecule has 24 heavy (non-hydrogen) atoms. The number of benzene rings is 2. The summed E-state index contributed by atoms with van der Waals surface area (Å²) in [6.07, 6.45) is 0. The van der Waals surface area contributed by atoms with Crippen LogP contribution in [0.3, 0.4) is 0 Å². The third-order valence-corrected chi connectivity index (χ3v) is 4.19. The Morgan fingerprint density at radius 1 is 0.958 bits per heavy atom. The molecule has 0 aliphatic carbocycles. The monoisotopic (exact) mass is 346 g/mol. The highest BCUT2D eigenvalue weighted by Crippen LogP contribution is 2.17. The lowest BCUT2D eigenvalue weighted by Crippen LogP contribution is -2.18. The molecule has 0 saturated heterocycles. The summed E-state index contributed by atoms with van der Waals surface area (Å²) in [6.45, 7) is 3.89. The molecule has 0 atom stereocenters. The summed E-state index contributed by atoms with van der Waals surface area (Å²) in [5, 5.41) is 5.50. The Balaban J connectivity index is 1.75. The number of hydrogen-bond acceptors (Lipinski definition) is 3. The van der Waals surface area contributed by atoms with Gasteiger partial charge in [0.25, 0.3) is 0 Å². The van der Waals surface area contributed by atoms with Gasteiger partial charge in [0.2, 0.25) is 11.8 Å². The fraction of sp³-hybridized carbons (Fsp3) is 0.222. The van der Waals surface area contributed by atoms with E-state index in [1.165, 1.54) is 36.0 Å². The Morgan fingerprint density at radius 2 is 1.58 bits per heavy atom. The average Bonchev–Trinajstić information content (AvgIpc) is 2.53. The highest BCUT2D eigenvalue weighted by atomic mass is 32.2. The second-order valence-electron chi connectivity index (χ2n) is 5.41. The van der Waals surface area contributed by atoms with Crippen molar-refractivity contribution in [2.75, 3.05) is 22.1 Å². The van der Waals surface area contributed by atoms with E-state index in [4.69, 9.17) is 0 Å². The van der Waals surface area contributed by atoms with Crippen LogP contribution in [-0.2, 0) is 9.59 Å². The third-order valence-electron chi connectivity index (χ3n) is 3.26. The van der Waals surface area contributed by atoms with E-state index in [1.54, 1.807) is 0 Å². The van der Waals surface area contributed by atoms with Crippen molar-refractivity contribution in [2.24, 2.45) is 0 Å². The number of carbonyl (C=O) groups excluding carboxylic acids is 2. The molecule has 0 aromatic heterocycles. The quantitative estimate of drug-likeness (QED) is 0.837. The topological polar surface area (TPSA) is 58.2 Å². The maximum Gasteiger partial charge on any atom is 0.234 e. The Bertz CT molecular complexity index is 732. The zero-order valence-corrected chi connectivity index (χ0v) is 14.4. The van der Waals surface area contributed by atoms with Crippen molar-refractivity contribution in [1.29, 1.82) is 0 Å². The van der Waals surface area contributed by atoms with Gasteiger partial charge in [-0.2, -0.15) is 0 Å². The van der Waals surface area contributed by atoms with E-state index in [0.717, 1.165) is 16.8 Å². The molecule has 0 spiro atoms. The number of amides is 2. The Labute approximate surface area is 144 Å². The summed E-state index contributed by atoms with van der Waals surface area (Å²) in [7, 11) is 0. The summed E-state index contributed by atoms with van der Waals surface area (Å²) in [5.74, 6) is -0.401. The number of anilines is 2. The molecule has 2 N–H and O–H groups in total. The number of halogens is 1. The molecule has 2 amide bonds. The highest BCUT2D eigenvalue weighted by Gasteiger charge is 2.08. The molecule has 2 aromatic carbocycles. The van der Waals surface area contributed by atoms with E-state index in [9.17, 15) is 14.0 Å². The van der Waals surface area contributed by atoms with E-state index in [0.29, 0.717) is 5.69 Å². The van der Waals surface area contributed by atoms with Crippen molar-refractivity contribution in [3.05, 3.63) is 59.4 Å². The van der Waals surface area contributed by atoms with Crippen molar-refractivity contribution in [3.63, 3.8) is 0 Å². The summed E-state index contributed by atoms with van der Waals surface area (Å²) >= 11 is 1.22. The van der Waals surface area contributed by atoms with Crippen molar-refractivity contribution in [2.45, 2.75) is 13.8 Å². The van der Waals surface area contributed by atoms with Crippen LogP contribution in [0, 0.1) is 19.7 Å². The van der Waals surface area contributed by atoms with Gasteiger partial charge in [-0.15, -0.1) is 11.8 Å². The lowest BCUT2D eigenvalue weighted by Gasteiger charge is -2.09. The Kier molecular flexibility index (Phi) is 6.37. The maximum atomic E-state index is 12.8. The Hall–Kier alpha value is -2.34. The number of aryl methyl sites for hydroxylation is 2. The molecule has 0 unspecified atom stereocenters. The van der Waals surface area contributed by atoms with Crippen molar-refractivity contribution < 1.29 is 14.0 Å². The molecule has 0 heterocycles. The van der Waals surface area contributed by atoms with Crippen LogP contribution in [-0.4, -0.2) is 23.3 Å². The van der Waals surface area contributed by atoms with Gasteiger partial charge >= 0.3 is 0 Å². The largest absolute Gasteiger partial charge is 0.325 e. The minimum absolute atomic E-state index is 0.150. The normalized spacial score (nSPS) is 10.3. The second-order valence-corrected chi connectivity index (χ2v) is 6.40. The SMILES string of the molecule is Cc1ccc(C)c(NC(=O)CSCC(=O)Nc2ccc(F)cc2)c1. The molecular weight excluding hydrogens is 327 g/mol. The minimum Gasteiger partial charge on any atom is -0.325 e. The molecule has 2 aromatic rings. The van der Waals surface area contributed by atoms with Gasteiger partial charge < -0.3 is 10.6 Å². The van der Waals surface area contributed by atoms with E-state index < -0.39 is 0 Å². The summed E-state index contributed by atoms with van der Waals surface area (Å²) in [6, 6.07) is 11.4. The molecule has 0 aliphatic heterocycles. The molecule has 0 aliphatic rings. The van der Waals surface area contributed by atoms with Gasteiger partial charge in [0.15, 0.2) is 0 Å². The highest BCUT2D eigenvalue weighted by molar-refractivity contribution is 8.00. The molecular formula is C18H19FN2O2S. The first-order chi connectivity index (χ1) is 11.4. The van der Waals surface area contributed by atoms with Gasteiger partial charge in [0, 0.05) is 11.4 Å². The predicted molar refractivity (Wildman–Crippen MR) is 96.9 cm³/mol. The number of carbonyl (C=O) groups is 2. The lowest BCUT2D eigenvalue weighted by molar-refractivity contribution is -0.114. The molecule has 6 heteroatoms. The van der Waals surface area contributed by atoms with E-state index in [2.05, 4.69) is 10.6 Å². The molecule has 126 valence electrons. The fourth-order valence-corrected chi connectivity index (χ4v) is 2.64. The smallest absolute Gasteiger partial charge is 0.234 e. The average molecular weight is 346 g/mol. The van der Waals surface area contributed by atoms with E-state index in [1.807, 2.05) is 32.0 Å². The summed E-state index contributed by atoms with van der Waals surface area (Å²) in [5.41, 5.74) is 3.38. The van der Waals surface area contributed by atoms with Gasteiger partial charge in [0.1, 0.15) is 5.82 Å². The molecule has 0 radical (unpaired) electrons. The van der Waals surface area contributed by atoms with Crippen LogP contribution in [0.15, 0.2) is 42.5 Å². The van der Waals surface area contributed by atoms with Gasteiger partial charge in [-0.1, -0.05) is 12.1 Å². The zero-order chi connectivity index (χ0) is 17.5. The number of hydrogen-bond donors (Lipinski definition) is 2. The first-order valence-electron chi connectivity index (χ1n) is 7.44. The van der Waals surface area contributed by atoms with Crippen LogP contribution < -0.4 is 10.6 Å². The predicted octanol–water partition coefficient (Wildman–Crippen LogP) is 3.75. The van der Waals surface area contributed by atoms with Crippen LogP contribution in [0.2, 0.25) is 0 Å². The second kappa shape index (κ2) is 8.49. The van der Waals surface area contributed by atoms with Crippen LogP contribution in [0.25, 0.3) is 0 Å². The lowest BCUT2D eigenvalue weighted by atomic mass is 10.1. The van der Waals surface area contributed by atoms with Crippen LogP contribution in [0.4, 0.5) is 15.8 Å². The van der Waals surface area contributed by atoms with Gasteiger partial charge in [-0.25, -0.2) is 4.39 Å². The molecule has 4 nitrogen and oxygen atoms in total. The number of nitrogens with one attached hydrogen (secondary N) is 2. The van der Waals surface area contributed by atoms with Crippen molar-refractivity contribution >= 4 is 35.0 Å². The first-order valence-corrected chi connectivity index (χ1v) is 8.60. The Morgan fingerprint density at radius 3 is 2.25 bits per heavy atom. The van der Waals surface area contributed by atoms with Crippen LogP contribution in [0.5, 0.6) is 0 Å². The van der Waals surface area contributed by atoms with E-state index >= 15 is 0 Å². The van der Waals surface area contributed by atoms with Crippen LogP contribution >= 0.6 is 11.8 Å². The standard InChI is InChI=1S/C18H19FN2O2S/c1-12-3-4-13(2)16(9-12)21-18(23)11-24-10-17(22)20-15-7-5-14(19)6-8-15/h3-9H,10-11H2,1-2H3,(H,20,22)(H,21,23). The maximum absolute atomic E-state index is 12.8. The zero-order valence-electron chi connectivity index (χ0n) is 13.6.